The molecule has 0 bridgehead atoms. The molecule has 3 aromatic carbocycles. The maximum Gasteiger partial charge on any atom is 0.269 e. The molecule has 0 N–H and O–H groups in total. The van der Waals surface area contributed by atoms with E-state index in [1.54, 1.807) is 13.2 Å². The molecule has 0 aliphatic carbocycles. The summed E-state index contributed by atoms with van der Waals surface area (Å²) in [7, 11) is 3.55. The van der Waals surface area contributed by atoms with E-state index in [1.165, 1.54) is 0 Å². The summed E-state index contributed by atoms with van der Waals surface area (Å²) in [6.07, 6.45) is 0. The van der Waals surface area contributed by atoms with E-state index in [4.69, 9.17) is 20.8 Å². The summed E-state index contributed by atoms with van der Waals surface area (Å²) in [5.41, 5.74) is 4.33. The standard InChI is InChI=1S/C26H23ClN2O3/c1-17(29(2)16-18-11-13-20(27)14-12-18)24(19-7-6-8-21(15-19)31-3)25(30)26-28-22-9-4-5-10-23(22)32-26/h4-15H,16H2,1-3H3/b24-17+. The van der Waals surface area contributed by atoms with Crippen LogP contribution in [0.1, 0.15) is 28.7 Å². The zero-order valence-corrected chi connectivity index (χ0v) is 18.9. The van der Waals surface area contributed by atoms with Crippen molar-refractivity contribution in [3.8, 4) is 5.75 Å². The number of carbonyl (C=O) groups excluding carboxylic acids is 1. The van der Waals surface area contributed by atoms with Crippen molar-refractivity contribution in [1.29, 1.82) is 0 Å². The number of hydrogen-bond donors (Lipinski definition) is 0. The Labute approximate surface area is 191 Å². The second kappa shape index (κ2) is 9.28. The first-order valence-electron chi connectivity index (χ1n) is 10.2. The van der Waals surface area contributed by atoms with Gasteiger partial charge < -0.3 is 14.1 Å². The molecule has 5 nitrogen and oxygen atoms in total. The number of aromatic nitrogens is 1. The lowest BCUT2D eigenvalue weighted by Gasteiger charge is -2.23. The molecule has 4 rings (SSSR count). The van der Waals surface area contributed by atoms with E-state index in [1.807, 2.05) is 85.6 Å². The lowest BCUT2D eigenvalue weighted by atomic mass is 9.98. The Morgan fingerprint density at radius 2 is 1.81 bits per heavy atom. The third kappa shape index (κ3) is 4.53. The number of benzene rings is 3. The van der Waals surface area contributed by atoms with E-state index < -0.39 is 0 Å². The molecule has 1 aromatic heterocycles. The minimum atomic E-state index is -0.282. The van der Waals surface area contributed by atoms with Crippen LogP contribution >= 0.6 is 11.6 Å². The summed E-state index contributed by atoms with van der Waals surface area (Å²) in [6.45, 7) is 2.53. The van der Waals surface area contributed by atoms with Gasteiger partial charge in [-0.2, -0.15) is 0 Å². The summed E-state index contributed by atoms with van der Waals surface area (Å²) < 4.78 is 11.2. The van der Waals surface area contributed by atoms with Crippen LogP contribution in [0.15, 0.2) is 82.9 Å². The molecular formula is C26H23ClN2O3. The Balaban J connectivity index is 1.78. The van der Waals surface area contributed by atoms with Crippen molar-refractivity contribution in [2.24, 2.45) is 0 Å². The van der Waals surface area contributed by atoms with Gasteiger partial charge in [-0.15, -0.1) is 0 Å². The smallest absolute Gasteiger partial charge is 0.269 e. The number of fused-ring (bicyclic) bond motifs is 1. The van der Waals surface area contributed by atoms with Crippen LogP contribution in [0.3, 0.4) is 0 Å². The molecule has 0 saturated heterocycles. The number of Topliss-reactive ketones (excluding diaryl/α,β-unsaturated/α-hetero) is 1. The number of ketones is 1. The van der Waals surface area contributed by atoms with Crippen LogP contribution in [0.25, 0.3) is 16.7 Å². The second-order valence-corrected chi connectivity index (χ2v) is 7.93. The van der Waals surface area contributed by atoms with Crippen molar-refractivity contribution in [2.45, 2.75) is 13.5 Å². The zero-order chi connectivity index (χ0) is 22.7. The lowest BCUT2D eigenvalue weighted by molar-refractivity contribution is 0.102. The maximum atomic E-state index is 13.7. The molecule has 0 atom stereocenters. The number of rotatable bonds is 7. The van der Waals surface area contributed by atoms with Crippen LogP contribution < -0.4 is 4.74 Å². The molecule has 162 valence electrons. The molecule has 4 aromatic rings. The molecule has 0 aliphatic rings. The second-order valence-electron chi connectivity index (χ2n) is 7.49. The van der Waals surface area contributed by atoms with Crippen LogP contribution in [-0.2, 0) is 6.54 Å². The highest BCUT2D eigenvalue weighted by atomic mass is 35.5. The number of halogens is 1. The fraction of sp³-hybridized carbons (Fsp3) is 0.154. The Bertz CT molecular complexity index is 1260. The van der Waals surface area contributed by atoms with E-state index in [9.17, 15) is 4.79 Å². The molecule has 0 aliphatic heterocycles. The molecular weight excluding hydrogens is 424 g/mol. The SMILES string of the molecule is COc1cccc(/C(C(=O)c2nc3ccccc3o2)=C(/C)N(C)Cc2ccc(Cl)cc2)c1. The average Bonchev–Trinajstić information content (AvgIpc) is 3.25. The number of ether oxygens (including phenoxy) is 1. The highest BCUT2D eigenvalue weighted by molar-refractivity contribution is 6.30. The van der Waals surface area contributed by atoms with Gasteiger partial charge in [0.2, 0.25) is 5.78 Å². The first-order valence-corrected chi connectivity index (χ1v) is 10.5. The van der Waals surface area contributed by atoms with E-state index >= 15 is 0 Å². The van der Waals surface area contributed by atoms with Crippen molar-refractivity contribution in [3.05, 3.63) is 101 Å². The number of oxazole rings is 1. The first kappa shape index (κ1) is 21.7. The van der Waals surface area contributed by atoms with Crippen LogP contribution in [0.2, 0.25) is 5.02 Å². The highest BCUT2D eigenvalue weighted by Gasteiger charge is 2.24. The van der Waals surface area contributed by atoms with Crippen LogP contribution in [-0.4, -0.2) is 29.8 Å². The molecule has 32 heavy (non-hydrogen) atoms. The topological polar surface area (TPSA) is 55.6 Å². The maximum absolute atomic E-state index is 13.7. The predicted octanol–water partition coefficient (Wildman–Crippen LogP) is 6.24. The Hall–Kier alpha value is -3.57. The van der Waals surface area contributed by atoms with Gasteiger partial charge in [-0.25, -0.2) is 4.98 Å². The van der Waals surface area contributed by atoms with Crippen molar-refractivity contribution in [1.82, 2.24) is 9.88 Å². The highest BCUT2D eigenvalue weighted by Crippen LogP contribution is 2.29. The monoisotopic (exact) mass is 446 g/mol. The van der Waals surface area contributed by atoms with Crippen LogP contribution in [0, 0.1) is 0 Å². The number of hydrogen-bond acceptors (Lipinski definition) is 5. The fourth-order valence-corrected chi connectivity index (χ4v) is 3.66. The largest absolute Gasteiger partial charge is 0.497 e. The van der Waals surface area contributed by atoms with Gasteiger partial charge in [0, 0.05) is 24.3 Å². The molecule has 0 spiro atoms. The van der Waals surface area contributed by atoms with Crippen molar-refractivity contribution in [2.75, 3.05) is 14.2 Å². The zero-order valence-electron chi connectivity index (χ0n) is 18.1. The van der Waals surface area contributed by atoms with Gasteiger partial charge in [-0.3, -0.25) is 4.79 Å². The summed E-state index contributed by atoms with van der Waals surface area (Å²) >= 11 is 6.02. The predicted molar refractivity (Wildman–Crippen MR) is 127 cm³/mol. The van der Waals surface area contributed by atoms with Gasteiger partial charge >= 0.3 is 0 Å². The minimum Gasteiger partial charge on any atom is -0.497 e. The van der Waals surface area contributed by atoms with Gasteiger partial charge in [-0.05, 0) is 54.4 Å². The Morgan fingerprint density at radius 1 is 1.06 bits per heavy atom. The molecule has 0 fully saturated rings. The minimum absolute atomic E-state index is 0.0586. The van der Waals surface area contributed by atoms with E-state index in [-0.39, 0.29) is 11.7 Å². The molecule has 0 amide bonds. The van der Waals surface area contributed by atoms with E-state index in [2.05, 4.69) is 4.98 Å². The van der Waals surface area contributed by atoms with Gasteiger partial charge in [0.1, 0.15) is 11.3 Å². The van der Waals surface area contributed by atoms with Gasteiger partial charge in [0.15, 0.2) is 5.58 Å². The Kier molecular flexibility index (Phi) is 6.28. The third-order valence-corrected chi connectivity index (χ3v) is 5.59. The molecule has 0 saturated carbocycles. The van der Waals surface area contributed by atoms with E-state index in [0.717, 1.165) is 16.8 Å². The van der Waals surface area contributed by atoms with Gasteiger partial charge in [0.05, 0.1) is 12.7 Å². The normalized spacial score (nSPS) is 11.9. The molecule has 1 heterocycles. The number of allylic oxidation sites excluding steroid dienone is 2. The van der Waals surface area contributed by atoms with E-state index in [0.29, 0.717) is 34.0 Å². The van der Waals surface area contributed by atoms with Gasteiger partial charge in [-0.1, -0.05) is 48.0 Å². The fourth-order valence-electron chi connectivity index (χ4n) is 3.53. The summed E-state index contributed by atoms with van der Waals surface area (Å²) in [4.78, 5) is 20.1. The summed E-state index contributed by atoms with van der Waals surface area (Å²) in [5.74, 6) is 0.441. The quantitative estimate of drug-likeness (QED) is 0.248. The van der Waals surface area contributed by atoms with Crippen LogP contribution in [0.5, 0.6) is 5.75 Å². The number of para-hydroxylation sites is 2. The lowest BCUT2D eigenvalue weighted by Crippen LogP contribution is -2.19. The summed E-state index contributed by atoms with van der Waals surface area (Å²) in [6, 6.07) is 22.4. The van der Waals surface area contributed by atoms with Gasteiger partial charge in [0.25, 0.3) is 5.89 Å². The first-order chi connectivity index (χ1) is 15.5. The third-order valence-electron chi connectivity index (χ3n) is 5.34. The number of carbonyl (C=O) groups is 1. The molecule has 6 heteroatoms. The number of nitrogens with zero attached hydrogens (tertiary/aromatic N) is 2. The van der Waals surface area contributed by atoms with Crippen molar-refractivity contribution >= 4 is 34.1 Å². The van der Waals surface area contributed by atoms with Crippen molar-refractivity contribution in [3.63, 3.8) is 0 Å². The summed E-state index contributed by atoms with van der Waals surface area (Å²) in [5, 5.41) is 0.687. The molecule has 0 radical (unpaired) electrons. The van der Waals surface area contributed by atoms with Crippen molar-refractivity contribution < 1.29 is 13.9 Å². The Morgan fingerprint density at radius 3 is 2.53 bits per heavy atom. The molecule has 0 unspecified atom stereocenters. The van der Waals surface area contributed by atoms with Crippen LogP contribution in [0.4, 0.5) is 0 Å². The number of methoxy groups -OCH3 is 1. The average molecular weight is 447 g/mol.